The lowest BCUT2D eigenvalue weighted by Crippen LogP contribution is -2.23. The Morgan fingerprint density at radius 3 is 2.78 bits per heavy atom. The molecule has 136 valence electrons. The van der Waals surface area contributed by atoms with Gasteiger partial charge in [0.25, 0.3) is 5.56 Å². The minimum absolute atomic E-state index is 0.0881. The molecule has 0 saturated carbocycles. The highest BCUT2D eigenvalue weighted by atomic mass is 32.1. The number of aromatic nitrogens is 2. The normalized spacial score (nSPS) is 13.8. The van der Waals surface area contributed by atoms with E-state index in [0.717, 1.165) is 28.7 Å². The Hall–Kier alpha value is -2.66. The van der Waals surface area contributed by atoms with Crippen molar-refractivity contribution in [2.24, 2.45) is 0 Å². The van der Waals surface area contributed by atoms with E-state index in [1.807, 2.05) is 25.1 Å². The van der Waals surface area contributed by atoms with Crippen molar-refractivity contribution < 1.29 is 0 Å². The van der Waals surface area contributed by atoms with Crippen LogP contribution in [0.4, 0.5) is 11.6 Å². The van der Waals surface area contributed by atoms with Crippen LogP contribution in [0, 0.1) is 0 Å². The van der Waals surface area contributed by atoms with E-state index in [0.29, 0.717) is 12.5 Å². The molecule has 2 aromatic heterocycles. The van der Waals surface area contributed by atoms with Crippen LogP contribution in [0.1, 0.15) is 30.2 Å². The van der Waals surface area contributed by atoms with E-state index in [9.17, 15) is 4.79 Å². The van der Waals surface area contributed by atoms with E-state index in [1.165, 1.54) is 34.1 Å². The summed E-state index contributed by atoms with van der Waals surface area (Å²) in [5.41, 5.74) is 2.28. The van der Waals surface area contributed by atoms with Gasteiger partial charge in [-0.15, -0.1) is 11.3 Å². The first-order chi connectivity index (χ1) is 13.2. The lowest BCUT2D eigenvalue weighted by atomic mass is 9.97. The largest absolute Gasteiger partial charge is 0.325 e. The number of aryl methyl sites for hydroxylation is 2. The first-order valence-electron chi connectivity index (χ1n) is 9.55. The van der Waals surface area contributed by atoms with Crippen LogP contribution in [-0.2, 0) is 19.4 Å². The fourth-order valence-electron chi connectivity index (χ4n) is 4.02. The molecule has 0 unspecified atom stereocenters. The number of rotatable bonds is 3. The van der Waals surface area contributed by atoms with Crippen molar-refractivity contribution in [3.63, 3.8) is 0 Å². The molecule has 0 aliphatic heterocycles. The van der Waals surface area contributed by atoms with Crippen molar-refractivity contribution in [3.05, 3.63) is 63.3 Å². The molecule has 0 radical (unpaired) electrons. The molecule has 5 heteroatoms. The SMILES string of the molecule is CCn1c(Nc2ccc3ccccc3c2)nc2sc3c(c2c1=O)CCCC3. The molecule has 0 amide bonds. The minimum Gasteiger partial charge on any atom is -0.325 e. The molecule has 27 heavy (non-hydrogen) atoms. The lowest BCUT2D eigenvalue weighted by molar-refractivity contribution is 0.696. The maximum Gasteiger partial charge on any atom is 0.263 e. The van der Waals surface area contributed by atoms with E-state index in [2.05, 4.69) is 29.6 Å². The Labute approximate surface area is 161 Å². The maximum absolute atomic E-state index is 13.2. The van der Waals surface area contributed by atoms with Crippen LogP contribution >= 0.6 is 11.3 Å². The Bertz CT molecular complexity index is 1220. The molecule has 2 aromatic carbocycles. The standard InChI is InChI=1S/C22H21N3OS/c1-2-25-21(26)19-17-9-5-6-10-18(17)27-20(19)24-22(25)23-16-12-11-14-7-3-4-8-15(14)13-16/h3-4,7-8,11-13H,2,5-6,9-10H2,1H3,(H,23,24). The second kappa shape index (κ2) is 6.50. The molecule has 0 bridgehead atoms. The van der Waals surface area contributed by atoms with Gasteiger partial charge in [-0.05, 0) is 61.1 Å². The van der Waals surface area contributed by atoms with Gasteiger partial charge >= 0.3 is 0 Å². The van der Waals surface area contributed by atoms with Crippen LogP contribution in [0.3, 0.4) is 0 Å². The van der Waals surface area contributed by atoms with Gasteiger partial charge in [-0.25, -0.2) is 4.98 Å². The zero-order valence-electron chi connectivity index (χ0n) is 15.3. The van der Waals surface area contributed by atoms with Crippen LogP contribution in [-0.4, -0.2) is 9.55 Å². The molecule has 0 saturated heterocycles. The summed E-state index contributed by atoms with van der Waals surface area (Å²) in [5.74, 6) is 0.629. The number of anilines is 2. The lowest BCUT2D eigenvalue weighted by Gasteiger charge is -2.14. The summed E-state index contributed by atoms with van der Waals surface area (Å²) < 4.78 is 1.76. The predicted molar refractivity (Wildman–Crippen MR) is 113 cm³/mol. The summed E-state index contributed by atoms with van der Waals surface area (Å²) >= 11 is 1.70. The third-order valence-electron chi connectivity index (χ3n) is 5.40. The van der Waals surface area contributed by atoms with Gasteiger partial charge in [-0.2, -0.15) is 0 Å². The van der Waals surface area contributed by atoms with Gasteiger partial charge in [0.05, 0.1) is 5.39 Å². The van der Waals surface area contributed by atoms with E-state index in [1.54, 1.807) is 15.9 Å². The molecular weight excluding hydrogens is 354 g/mol. The van der Waals surface area contributed by atoms with Crippen molar-refractivity contribution in [2.75, 3.05) is 5.32 Å². The second-order valence-electron chi connectivity index (χ2n) is 7.06. The van der Waals surface area contributed by atoms with Crippen molar-refractivity contribution in [3.8, 4) is 0 Å². The first-order valence-corrected chi connectivity index (χ1v) is 10.4. The van der Waals surface area contributed by atoms with Gasteiger partial charge < -0.3 is 5.32 Å². The quantitative estimate of drug-likeness (QED) is 0.532. The fraction of sp³-hybridized carbons (Fsp3) is 0.273. The molecular formula is C22H21N3OS. The summed E-state index contributed by atoms with van der Waals surface area (Å²) in [4.78, 5) is 20.3. The molecule has 0 atom stereocenters. The van der Waals surface area contributed by atoms with Crippen LogP contribution < -0.4 is 10.9 Å². The molecule has 1 aliphatic rings. The zero-order valence-corrected chi connectivity index (χ0v) is 16.1. The summed E-state index contributed by atoms with van der Waals surface area (Å²) in [7, 11) is 0. The van der Waals surface area contributed by atoms with Crippen molar-refractivity contribution in [1.82, 2.24) is 9.55 Å². The van der Waals surface area contributed by atoms with Gasteiger partial charge in [0.1, 0.15) is 4.83 Å². The molecule has 1 aliphatic carbocycles. The highest BCUT2D eigenvalue weighted by Crippen LogP contribution is 2.34. The zero-order chi connectivity index (χ0) is 18.4. The highest BCUT2D eigenvalue weighted by molar-refractivity contribution is 7.18. The van der Waals surface area contributed by atoms with Gasteiger partial charge in [0.15, 0.2) is 0 Å². The number of hydrogen-bond donors (Lipinski definition) is 1. The molecule has 1 N–H and O–H groups in total. The summed E-state index contributed by atoms with van der Waals surface area (Å²) in [6.07, 6.45) is 4.47. The Morgan fingerprint density at radius 1 is 1.11 bits per heavy atom. The predicted octanol–water partition coefficient (Wildman–Crippen LogP) is 5.25. The van der Waals surface area contributed by atoms with E-state index < -0.39 is 0 Å². The second-order valence-corrected chi connectivity index (χ2v) is 8.15. The van der Waals surface area contributed by atoms with Crippen molar-refractivity contribution in [1.29, 1.82) is 0 Å². The molecule has 4 aromatic rings. The maximum atomic E-state index is 13.2. The van der Waals surface area contributed by atoms with Gasteiger partial charge in [-0.3, -0.25) is 9.36 Å². The number of benzene rings is 2. The highest BCUT2D eigenvalue weighted by Gasteiger charge is 2.21. The number of nitrogens with zero attached hydrogens (tertiary/aromatic N) is 2. The third kappa shape index (κ3) is 2.73. The number of hydrogen-bond acceptors (Lipinski definition) is 4. The third-order valence-corrected chi connectivity index (χ3v) is 6.58. The Morgan fingerprint density at radius 2 is 1.93 bits per heavy atom. The van der Waals surface area contributed by atoms with Crippen molar-refractivity contribution >= 4 is 44.0 Å². The van der Waals surface area contributed by atoms with Gasteiger partial charge in [-0.1, -0.05) is 30.3 Å². The fourth-order valence-corrected chi connectivity index (χ4v) is 5.28. The monoisotopic (exact) mass is 375 g/mol. The van der Waals surface area contributed by atoms with E-state index >= 15 is 0 Å². The summed E-state index contributed by atoms with van der Waals surface area (Å²) in [6.45, 7) is 2.60. The van der Waals surface area contributed by atoms with Gasteiger partial charge in [0.2, 0.25) is 5.95 Å². The molecule has 0 fully saturated rings. The van der Waals surface area contributed by atoms with E-state index in [-0.39, 0.29) is 5.56 Å². The number of nitrogens with one attached hydrogen (secondary N) is 1. The van der Waals surface area contributed by atoms with E-state index in [4.69, 9.17) is 4.98 Å². The van der Waals surface area contributed by atoms with Crippen LogP contribution in [0.15, 0.2) is 47.3 Å². The van der Waals surface area contributed by atoms with Crippen LogP contribution in [0.2, 0.25) is 0 Å². The van der Waals surface area contributed by atoms with Crippen molar-refractivity contribution in [2.45, 2.75) is 39.2 Å². The number of fused-ring (bicyclic) bond motifs is 4. The molecule has 2 heterocycles. The van der Waals surface area contributed by atoms with Crippen LogP contribution in [0.5, 0.6) is 0 Å². The average molecular weight is 375 g/mol. The average Bonchev–Trinajstić information content (AvgIpc) is 3.06. The van der Waals surface area contributed by atoms with Crippen LogP contribution in [0.25, 0.3) is 21.0 Å². The first kappa shape index (κ1) is 16.5. The smallest absolute Gasteiger partial charge is 0.263 e. The van der Waals surface area contributed by atoms with Gasteiger partial charge in [0, 0.05) is 17.1 Å². The Kier molecular flexibility index (Phi) is 3.97. The molecule has 0 spiro atoms. The summed E-state index contributed by atoms with van der Waals surface area (Å²) in [5, 5.41) is 6.60. The minimum atomic E-state index is 0.0881. The number of thiophene rings is 1. The molecule has 5 rings (SSSR count). The molecule has 4 nitrogen and oxygen atoms in total. The summed E-state index contributed by atoms with van der Waals surface area (Å²) in [6, 6.07) is 14.5. The topological polar surface area (TPSA) is 46.9 Å². The Balaban J connectivity index is 1.64.